The lowest BCUT2D eigenvalue weighted by molar-refractivity contribution is -0.119. The van der Waals surface area contributed by atoms with Crippen LogP contribution in [0.3, 0.4) is 0 Å². The van der Waals surface area contributed by atoms with Crippen molar-refractivity contribution in [2.45, 2.75) is 38.9 Å². The highest BCUT2D eigenvalue weighted by Crippen LogP contribution is 2.49. The summed E-state index contributed by atoms with van der Waals surface area (Å²) in [6.45, 7) is 11.5. The first-order valence-corrected chi connectivity index (χ1v) is 12.0. The standard InChI is InChI=1S/C21H36N3O10P/c1-13(2)19(28)22-16(7-25)10-32-35(31,33-11-17(8-26)23-20(29)14(3)4)34-12-18(9-27)24-21(30)15(5)6/h16-18,25-27H,1,3,5,7-12H2,2,4,6H3,(H,22,28)(H,23,29)(H,24,30). The van der Waals surface area contributed by atoms with E-state index in [2.05, 4.69) is 35.7 Å². The SMILES string of the molecule is C=C(C)C(=O)NC(CO)COP(=O)(OCC(CO)NC(=O)C(=C)C)OCC(CO)NC(=O)C(=C)C. The molecule has 0 fully saturated rings. The highest BCUT2D eigenvalue weighted by molar-refractivity contribution is 7.48. The van der Waals surface area contributed by atoms with Crippen molar-refractivity contribution in [3.8, 4) is 0 Å². The lowest BCUT2D eigenvalue weighted by atomic mass is 10.3. The molecule has 35 heavy (non-hydrogen) atoms. The Kier molecular flexibility index (Phi) is 15.2. The summed E-state index contributed by atoms with van der Waals surface area (Å²) in [5, 5.41) is 35.7. The van der Waals surface area contributed by atoms with Crippen LogP contribution < -0.4 is 16.0 Å². The molecule has 0 radical (unpaired) electrons. The van der Waals surface area contributed by atoms with E-state index in [-0.39, 0.29) is 16.7 Å². The normalized spacial score (nSPS) is 15.1. The van der Waals surface area contributed by atoms with Crippen LogP contribution in [0.15, 0.2) is 36.5 Å². The minimum Gasteiger partial charge on any atom is -0.394 e. The Labute approximate surface area is 204 Å². The van der Waals surface area contributed by atoms with E-state index < -0.39 is 83.3 Å². The lowest BCUT2D eigenvalue weighted by Gasteiger charge is -2.25. The first-order valence-electron chi connectivity index (χ1n) is 10.5. The molecule has 0 spiro atoms. The molecular weight excluding hydrogens is 485 g/mol. The van der Waals surface area contributed by atoms with Crippen molar-refractivity contribution in [1.29, 1.82) is 0 Å². The predicted octanol–water partition coefficient (Wildman–Crippen LogP) is -0.696. The number of hydrogen-bond donors (Lipinski definition) is 6. The van der Waals surface area contributed by atoms with Gasteiger partial charge >= 0.3 is 7.82 Å². The van der Waals surface area contributed by atoms with Crippen molar-refractivity contribution in [2.24, 2.45) is 0 Å². The maximum Gasteiger partial charge on any atom is 0.475 e. The molecule has 0 aliphatic rings. The predicted molar refractivity (Wildman–Crippen MR) is 127 cm³/mol. The molecular formula is C21H36N3O10P. The Hall–Kier alpha value is -2.38. The van der Waals surface area contributed by atoms with E-state index in [9.17, 15) is 34.3 Å². The topological polar surface area (TPSA) is 193 Å². The van der Waals surface area contributed by atoms with Crippen molar-refractivity contribution in [3.05, 3.63) is 36.5 Å². The number of phosphoric acid groups is 1. The van der Waals surface area contributed by atoms with Crippen LogP contribution in [0.4, 0.5) is 0 Å². The number of aliphatic hydroxyl groups is 3. The second-order valence-corrected chi connectivity index (χ2v) is 9.40. The van der Waals surface area contributed by atoms with Gasteiger partial charge in [-0.15, -0.1) is 0 Å². The Bertz CT molecular complexity index is 728. The summed E-state index contributed by atoms with van der Waals surface area (Å²) >= 11 is 0. The molecule has 0 aromatic rings. The number of carbonyl (C=O) groups is 3. The first kappa shape index (κ1) is 32.6. The molecule has 0 aliphatic heterocycles. The van der Waals surface area contributed by atoms with Crippen molar-refractivity contribution in [3.63, 3.8) is 0 Å². The molecule has 0 aliphatic carbocycles. The number of phosphoric ester groups is 1. The van der Waals surface area contributed by atoms with Gasteiger partial charge in [-0.25, -0.2) is 4.57 Å². The fraction of sp³-hybridized carbons (Fsp3) is 0.571. The molecule has 0 bridgehead atoms. The molecule has 0 rings (SSSR count). The van der Waals surface area contributed by atoms with Crippen LogP contribution in [0.5, 0.6) is 0 Å². The van der Waals surface area contributed by atoms with Crippen LogP contribution in [-0.2, 0) is 32.5 Å². The molecule has 0 aromatic carbocycles. The van der Waals surface area contributed by atoms with Gasteiger partial charge < -0.3 is 31.3 Å². The van der Waals surface area contributed by atoms with Gasteiger partial charge in [0.15, 0.2) is 0 Å². The van der Waals surface area contributed by atoms with Gasteiger partial charge in [0.05, 0.1) is 57.8 Å². The van der Waals surface area contributed by atoms with Gasteiger partial charge in [-0.2, -0.15) is 0 Å². The van der Waals surface area contributed by atoms with Gasteiger partial charge in [-0.1, -0.05) is 19.7 Å². The average molecular weight is 522 g/mol. The zero-order valence-corrected chi connectivity index (χ0v) is 21.1. The quantitative estimate of drug-likeness (QED) is 0.0993. The first-order chi connectivity index (χ1) is 16.3. The summed E-state index contributed by atoms with van der Waals surface area (Å²) in [6.07, 6.45) is 0. The van der Waals surface area contributed by atoms with Crippen LogP contribution in [0, 0.1) is 0 Å². The summed E-state index contributed by atoms with van der Waals surface area (Å²) in [4.78, 5) is 35.4. The lowest BCUT2D eigenvalue weighted by Crippen LogP contribution is -2.43. The van der Waals surface area contributed by atoms with E-state index in [4.69, 9.17) is 13.6 Å². The van der Waals surface area contributed by atoms with E-state index >= 15 is 0 Å². The number of hydrogen-bond acceptors (Lipinski definition) is 10. The van der Waals surface area contributed by atoms with Gasteiger partial charge in [0.2, 0.25) is 17.7 Å². The number of rotatable bonds is 18. The Morgan fingerprint density at radius 2 is 0.886 bits per heavy atom. The number of nitrogens with one attached hydrogen (secondary N) is 3. The Morgan fingerprint density at radius 3 is 1.06 bits per heavy atom. The number of carbonyl (C=O) groups excluding carboxylic acids is 3. The Balaban J connectivity index is 5.45. The Morgan fingerprint density at radius 1 is 0.657 bits per heavy atom. The molecule has 6 N–H and O–H groups in total. The van der Waals surface area contributed by atoms with Gasteiger partial charge in [0.25, 0.3) is 0 Å². The zero-order valence-electron chi connectivity index (χ0n) is 20.2. The summed E-state index contributed by atoms with van der Waals surface area (Å²) < 4.78 is 29.0. The molecule has 3 atom stereocenters. The smallest absolute Gasteiger partial charge is 0.394 e. The third kappa shape index (κ3) is 13.3. The fourth-order valence-electron chi connectivity index (χ4n) is 2.00. The van der Waals surface area contributed by atoms with Gasteiger partial charge in [0.1, 0.15) is 0 Å². The third-order valence-corrected chi connectivity index (χ3v) is 5.53. The fourth-order valence-corrected chi connectivity index (χ4v) is 3.31. The minimum atomic E-state index is -4.48. The van der Waals surface area contributed by atoms with Crippen LogP contribution in [0.2, 0.25) is 0 Å². The molecule has 13 nitrogen and oxygen atoms in total. The molecule has 3 amide bonds. The van der Waals surface area contributed by atoms with E-state index in [1.165, 1.54) is 20.8 Å². The van der Waals surface area contributed by atoms with Gasteiger partial charge in [0, 0.05) is 16.7 Å². The minimum absolute atomic E-state index is 0.164. The molecule has 14 heteroatoms. The van der Waals surface area contributed by atoms with Crippen LogP contribution in [0.1, 0.15) is 20.8 Å². The summed E-state index contributed by atoms with van der Waals surface area (Å²) in [6, 6.07) is -3.02. The van der Waals surface area contributed by atoms with E-state index in [0.717, 1.165) is 0 Å². The summed E-state index contributed by atoms with van der Waals surface area (Å²) in [5.74, 6) is -1.72. The summed E-state index contributed by atoms with van der Waals surface area (Å²) in [5.41, 5.74) is 0.492. The molecule has 0 saturated heterocycles. The van der Waals surface area contributed by atoms with Crippen LogP contribution in [-0.4, -0.2) is 90.8 Å². The van der Waals surface area contributed by atoms with E-state index in [0.29, 0.717) is 0 Å². The monoisotopic (exact) mass is 521 g/mol. The second-order valence-electron chi connectivity index (χ2n) is 7.73. The molecule has 0 aromatic heterocycles. The number of amides is 3. The molecule has 200 valence electrons. The molecule has 3 unspecified atom stereocenters. The zero-order chi connectivity index (χ0) is 27.2. The van der Waals surface area contributed by atoms with Gasteiger partial charge in [-0.3, -0.25) is 28.0 Å². The second kappa shape index (κ2) is 16.3. The largest absolute Gasteiger partial charge is 0.475 e. The maximum atomic E-state index is 13.2. The van der Waals surface area contributed by atoms with Crippen molar-refractivity contribution in [2.75, 3.05) is 39.6 Å². The highest BCUT2D eigenvalue weighted by Gasteiger charge is 2.32. The van der Waals surface area contributed by atoms with E-state index in [1.807, 2.05) is 0 Å². The number of aliphatic hydroxyl groups excluding tert-OH is 3. The van der Waals surface area contributed by atoms with Gasteiger partial charge in [-0.05, 0) is 20.8 Å². The molecule has 0 heterocycles. The third-order valence-electron chi connectivity index (χ3n) is 4.13. The van der Waals surface area contributed by atoms with Crippen molar-refractivity contribution < 1.29 is 47.8 Å². The van der Waals surface area contributed by atoms with Crippen molar-refractivity contribution >= 4 is 25.5 Å². The highest BCUT2D eigenvalue weighted by atomic mass is 31.2. The van der Waals surface area contributed by atoms with Crippen LogP contribution in [0.25, 0.3) is 0 Å². The van der Waals surface area contributed by atoms with Crippen LogP contribution >= 0.6 is 7.82 Å². The summed E-state index contributed by atoms with van der Waals surface area (Å²) in [7, 11) is -4.48. The van der Waals surface area contributed by atoms with Crippen molar-refractivity contribution in [1.82, 2.24) is 16.0 Å². The average Bonchev–Trinajstić information content (AvgIpc) is 2.81. The maximum absolute atomic E-state index is 13.2. The van der Waals surface area contributed by atoms with E-state index in [1.54, 1.807) is 0 Å². The molecule has 0 saturated carbocycles.